The highest BCUT2D eigenvalue weighted by molar-refractivity contribution is 6.44. The van der Waals surface area contributed by atoms with Crippen molar-refractivity contribution in [2.45, 2.75) is 56.0 Å². The molecule has 2 aromatic carbocycles. The van der Waals surface area contributed by atoms with Crippen molar-refractivity contribution in [2.24, 2.45) is 26.6 Å². The fourth-order valence-corrected chi connectivity index (χ4v) is 5.69. The molecule has 0 amide bonds. The first-order valence-electron chi connectivity index (χ1n) is 11.5. The number of carbonyl (C=O) groups excluding carboxylic acids is 1. The highest BCUT2D eigenvalue weighted by Gasteiger charge is 2.66. The van der Waals surface area contributed by atoms with E-state index in [9.17, 15) is 9.18 Å². The standard InChI is InChI=1S/C25H29FN6O2/c26-19-7-9-20(10-8-19)34-16-4-11-23(31-28)12-14-24(15-13-23)22(33)21(30-27)17-25(24,32-29)18-5-2-1-3-6-18/h1-3,5-10,28-29H,4,11-17,27H2. The maximum atomic E-state index is 13.5. The predicted molar refractivity (Wildman–Crippen MR) is 124 cm³/mol. The fourth-order valence-electron chi connectivity index (χ4n) is 5.69. The molecule has 9 heteroatoms. The third-order valence-corrected chi connectivity index (χ3v) is 7.65. The third-order valence-electron chi connectivity index (χ3n) is 7.65. The molecule has 1 unspecified atom stereocenters. The zero-order valence-electron chi connectivity index (χ0n) is 19.0. The molecule has 0 bridgehead atoms. The summed E-state index contributed by atoms with van der Waals surface area (Å²) in [5.41, 5.74) is 14.6. The zero-order valence-corrected chi connectivity index (χ0v) is 19.0. The number of ether oxygens (including phenoxy) is 1. The molecule has 4 rings (SSSR count). The Hall–Kier alpha value is -3.49. The number of hydrazone groups is 1. The van der Waals surface area contributed by atoms with Crippen molar-refractivity contribution in [1.29, 1.82) is 11.1 Å². The number of benzene rings is 2. The van der Waals surface area contributed by atoms with Crippen LogP contribution in [-0.4, -0.2) is 23.6 Å². The summed E-state index contributed by atoms with van der Waals surface area (Å²) in [6.07, 6.45) is 3.46. The number of Topliss-reactive ketones (excluding diaryl/α,β-unsaturated/α-hetero) is 1. The van der Waals surface area contributed by atoms with E-state index in [4.69, 9.17) is 21.6 Å². The first kappa shape index (κ1) is 23.7. The monoisotopic (exact) mass is 464 g/mol. The molecule has 0 saturated heterocycles. The van der Waals surface area contributed by atoms with Gasteiger partial charge < -0.3 is 10.6 Å². The summed E-state index contributed by atoms with van der Waals surface area (Å²) in [4.78, 5) is 13.5. The molecule has 2 aromatic rings. The number of carbonyl (C=O) groups is 1. The van der Waals surface area contributed by atoms with Gasteiger partial charge in [-0.3, -0.25) is 4.79 Å². The Kier molecular flexibility index (Phi) is 6.54. The Morgan fingerprint density at radius 1 is 0.971 bits per heavy atom. The van der Waals surface area contributed by atoms with Gasteiger partial charge in [0.1, 0.15) is 22.8 Å². The molecule has 1 atom stereocenters. The van der Waals surface area contributed by atoms with Crippen LogP contribution >= 0.6 is 0 Å². The molecular weight excluding hydrogens is 435 g/mol. The second-order valence-electron chi connectivity index (χ2n) is 9.24. The minimum absolute atomic E-state index is 0.145. The fraction of sp³-hybridized carbons (Fsp3) is 0.440. The van der Waals surface area contributed by atoms with Gasteiger partial charge in [-0.1, -0.05) is 30.3 Å². The average Bonchev–Trinajstić information content (AvgIpc) is 3.13. The van der Waals surface area contributed by atoms with Crippen molar-refractivity contribution in [3.05, 3.63) is 66.0 Å². The number of nitrogens with two attached hydrogens (primary N) is 1. The quantitative estimate of drug-likeness (QED) is 0.205. The molecule has 0 heterocycles. The number of halogens is 1. The normalized spacial score (nSPS) is 29.9. The van der Waals surface area contributed by atoms with E-state index < -0.39 is 16.5 Å². The van der Waals surface area contributed by atoms with Crippen LogP contribution in [0.3, 0.4) is 0 Å². The molecule has 2 fully saturated rings. The lowest BCUT2D eigenvalue weighted by molar-refractivity contribution is -0.127. The van der Waals surface area contributed by atoms with Crippen LogP contribution in [0.2, 0.25) is 0 Å². The lowest BCUT2D eigenvalue weighted by Crippen LogP contribution is -2.50. The largest absolute Gasteiger partial charge is 0.494 e. The van der Waals surface area contributed by atoms with Gasteiger partial charge in [0.15, 0.2) is 5.78 Å². The van der Waals surface area contributed by atoms with Crippen molar-refractivity contribution in [1.82, 2.24) is 0 Å². The van der Waals surface area contributed by atoms with Crippen LogP contribution in [0.25, 0.3) is 0 Å². The Bertz CT molecular complexity index is 1080. The van der Waals surface area contributed by atoms with Crippen LogP contribution in [0.1, 0.15) is 50.5 Å². The summed E-state index contributed by atoms with van der Waals surface area (Å²) in [7, 11) is 0. The van der Waals surface area contributed by atoms with Gasteiger partial charge in [0.25, 0.3) is 0 Å². The predicted octanol–water partition coefficient (Wildman–Crippen LogP) is 5.53. The Labute approximate surface area is 197 Å². The maximum Gasteiger partial charge on any atom is 0.187 e. The summed E-state index contributed by atoms with van der Waals surface area (Å²) in [5.74, 6) is 5.70. The molecule has 178 valence electrons. The van der Waals surface area contributed by atoms with Crippen molar-refractivity contribution in [3.8, 4) is 5.75 Å². The smallest absolute Gasteiger partial charge is 0.187 e. The van der Waals surface area contributed by atoms with Gasteiger partial charge in [-0.25, -0.2) is 15.5 Å². The van der Waals surface area contributed by atoms with Crippen LogP contribution in [0, 0.1) is 22.3 Å². The summed E-state index contributed by atoms with van der Waals surface area (Å²) in [6, 6.07) is 15.3. The first-order valence-corrected chi connectivity index (χ1v) is 11.5. The third kappa shape index (κ3) is 3.89. The molecular formula is C25H29FN6O2. The minimum Gasteiger partial charge on any atom is -0.494 e. The van der Waals surface area contributed by atoms with Gasteiger partial charge in [-0.05, 0) is 68.4 Å². The maximum absolute atomic E-state index is 13.5. The number of hydrogen-bond acceptors (Lipinski definition) is 8. The summed E-state index contributed by atoms with van der Waals surface area (Å²) >= 11 is 0. The van der Waals surface area contributed by atoms with E-state index in [1.165, 1.54) is 12.1 Å². The molecule has 2 saturated carbocycles. The van der Waals surface area contributed by atoms with E-state index in [1.807, 2.05) is 30.3 Å². The Balaban J connectivity index is 1.50. The Morgan fingerprint density at radius 2 is 1.65 bits per heavy atom. The van der Waals surface area contributed by atoms with Crippen LogP contribution in [0.5, 0.6) is 5.75 Å². The van der Waals surface area contributed by atoms with Gasteiger partial charge in [-0.15, -0.1) is 0 Å². The first-order chi connectivity index (χ1) is 16.4. The van der Waals surface area contributed by atoms with E-state index in [1.54, 1.807) is 12.1 Å². The van der Waals surface area contributed by atoms with Crippen LogP contribution < -0.4 is 10.6 Å². The van der Waals surface area contributed by atoms with Gasteiger partial charge in [0.2, 0.25) is 0 Å². The molecule has 8 nitrogen and oxygen atoms in total. The summed E-state index contributed by atoms with van der Waals surface area (Å²) < 4.78 is 18.8. The van der Waals surface area contributed by atoms with Crippen LogP contribution in [0.4, 0.5) is 4.39 Å². The van der Waals surface area contributed by atoms with E-state index in [2.05, 4.69) is 15.3 Å². The number of hydrogen-bond donors (Lipinski definition) is 3. The van der Waals surface area contributed by atoms with E-state index >= 15 is 0 Å². The number of ketones is 1. The highest BCUT2D eigenvalue weighted by Crippen LogP contribution is 2.61. The number of nitrogens with one attached hydrogen (secondary N) is 2. The van der Waals surface area contributed by atoms with Crippen molar-refractivity contribution >= 4 is 11.5 Å². The lowest BCUT2D eigenvalue weighted by Gasteiger charge is -2.47. The SMILES string of the molecule is N=NC1(CCCOc2ccc(F)cc2)CCC2(CC1)C(=O)C(=NN)CC2(N=N)c1ccccc1. The highest BCUT2D eigenvalue weighted by atomic mass is 19.1. The summed E-state index contributed by atoms with van der Waals surface area (Å²) in [5, 5.41) is 11.8. The molecule has 0 aromatic heterocycles. The van der Waals surface area contributed by atoms with Crippen molar-refractivity contribution in [2.75, 3.05) is 6.61 Å². The summed E-state index contributed by atoms with van der Waals surface area (Å²) in [6.45, 7) is 0.424. The van der Waals surface area contributed by atoms with Gasteiger partial charge in [0.05, 0.1) is 17.6 Å². The molecule has 0 radical (unpaired) electrons. The molecule has 2 aliphatic rings. The minimum atomic E-state index is -1.05. The molecule has 4 N–H and O–H groups in total. The second kappa shape index (κ2) is 9.40. The molecule has 0 aliphatic heterocycles. The van der Waals surface area contributed by atoms with Crippen LogP contribution in [-0.2, 0) is 10.3 Å². The molecule has 1 spiro atoms. The molecule has 2 aliphatic carbocycles. The number of rotatable bonds is 8. The number of nitrogens with zero attached hydrogens (tertiary/aromatic N) is 3. The Morgan fingerprint density at radius 3 is 2.24 bits per heavy atom. The zero-order chi connectivity index (χ0) is 24.2. The van der Waals surface area contributed by atoms with Crippen molar-refractivity contribution < 1.29 is 13.9 Å². The van der Waals surface area contributed by atoms with Gasteiger partial charge in [0, 0.05) is 6.42 Å². The van der Waals surface area contributed by atoms with Crippen molar-refractivity contribution in [3.63, 3.8) is 0 Å². The van der Waals surface area contributed by atoms with E-state index in [0.29, 0.717) is 50.9 Å². The lowest BCUT2D eigenvalue weighted by atomic mass is 9.57. The van der Waals surface area contributed by atoms with Crippen LogP contribution in [0.15, 0.2) is 69.9 Å². The molecule has 34 heavy (non-hydrogen) atoms. The average molecular weight is 465 g/mol. The van der Waals surface area contributed by atoms with Gasteiger partial charge >= 0.3 is 0 Å². The second-order valence-corrected chi connectivity index (χ2v) is 9.24. The van der Waals surface area contributed by atoms with E-state index in [-0.39, 0.29) is 23.7 Å². The topological polar surface area (TPSA) is 137 Å². The van der Waals surface area contributed by atoms with Gasteiger partial charge in [-0.2, -0.15) is 15.3 Å². The van der Waals surface area contributed by atoms with E-state index in [0.717, 1.165) is 5.56 Å².